The minimum Gasteiger partial charge on any atom is -0.493 e. The summed E-state index contributed by atoms with van der Waals surface area (Å²) in [6.45, 7) is 2.36. The number of rotatable bonds is 2. The molecular formula is C14H15N3O3. The van der Waals surface area contributed by atoms with Crippen LogP contribution in [0.4, 0.5) is 10.6 Å². The predicted octanol–water partition coefficient (Wildman–Crippen LogP) is 2.63. The summed E-state index contributed by atoms with van der Waals surface area (Å²) in [5.74, 6) is 1.87. The van der Waals surface area contributed by atoms with Gasteiger partial charge in [0.15, 0.2) is 5.82 Å². The number of carbonyl (C=O) groups is 1. The van der Waals surface area contributed by atoms with E-state index in [1.54, 1.807) is 13.0 Å². The van der Waals surface area contributed by atoms with E-state index in [2.05, 4.69) is 15.8 Å². The molecule has 2 heterocycles. The number of fused-ring (bicyclic) bond motifs is 1. The van der Waals surface area contributed by atoms with Crippen molar-refractivity contribution < 1.29 is 14.1 Å². The van der Waals surface area contributed by atoms with Gasteiger partial charge in [0.05, 0.1) is 12.6 Å². The molecule has 0 aliphatic carbocycles. The third kappa shape index (κ3) is 2.59. The van der Waals surface area contributed by atoms with Gasteiger partial charge in [0, 0.05) is 18.1 Å². The number of benzene rings is 1. The largest absolute Gasteiger partial charge is 0.493 e. The maximum absolute atomic E-state index is 12.0. The van der Waals surface area contributed by atoms with Gasteiger partial charge in [-0.25, -0.2) is 4.79 Å². The molecule has 6 nitrogen and oxygen atoms in total. The summed E-state index contributed by atoms with van der Waals surface area (Å²) in [6.07, 6.45) is 0.738. The number of aryl methyl sites for hydroxylation is 1. The first-order valence-corrected chi connectivity index (χ1v) is 6.45. The van der Waals surface area contributed by atoms with Crippen LogP contribution < -0.4 is 15.4 Å². The quantitative estimate of drug-likeness (QED) is 0.881. The Morgan fingerprint density at radius 2 is 2.25 bits per heavy atom. The summed E-state index contributed by atoms with van der Waals surface area (Å²) in [7, 11) is 0. The Hall–Kier alpha value is -2.50. The average Bonchev–Trinajstić information content (AvgIpc) is 2.84. The summed E-state index contributed by atoms with van der Waals surface area (Å²) in [5.41, 5.74) is 0.991. The van der Waals surface area contributed by atoms with Crippen LogP contribution in [0.2, 0.25) is 0 Å². The molecule has 0 fully saturated rings. The van der Waals surface area contributed by atoms with Crippen molar-refractivity contribution in [3.8, 4) is 5.75 Å². The van der Waals surface area contributed by atoms with Gasteiger partial charge in [0.2, 0.25) is 0 Å². The van der Waals surface area contributed by atoms with Crippen molar-refractivity contribution in [1.29, 1.82) is 0 Å². The normalized spacial score (nSPS) is 16.9. The Kier molecular flexibility index (Phi) is 3.28. The van der Waals surface area contributed by atoms with Gasteiger partial charge < -0.3 is 14.6 Å². The summed E-state index contributed by atoms with van der Waals surface area (Å²) in [6, 6.07) is 9.01. The topological polar surface area (TPSA) is 76.4 Å². The third-order valence-electron chi connectivity index (χ3n) is 3.13. The molecule has 104 valence electrons. The van der Waals surface area contributed by atoms with Crippen molar-refractivity contribution in [3.05, 3.63) is 41.7 Å². The average molecular weight is 273 g/mol. The zero-order chi connectivity index (χ0) is 13.9. The van der Waals surface area contributed by atoms with E-state index in [4.69, 9.17) is 9.26 Å². The smallest absolute Gasteiger partial charge is 0.320 e. The lowest BCUT2D eigenvalue weighted by molar-refractivity contribution is 0.232. The molecular weight excluding hydrogens is 258 g/mol. The van der Waals surface area contributed by atoms with Crippen molar-refractivity contribution in [2.45, 2.75) is 19.4 Å². The number of nitrogens with one attached hydrogen (secondary N) is 2. The summed E-state index contributed by atoms with van der Waals surface area (Å²) in [4.78, 5) is 12.0. The number of ether oxygens (including phenoxy) is 1. The van der Waals surface area contributed by atoms with Gasteiger partial charge in [-0.05, 0) is 13.0 Å². The van der Waals surface area contributed by atoms with Crippen LogP contribution in [-0.4, -0.2) is 17.8 Å². The van der Waals surface area contributed by atoms with Crippen molar-refractivity contribution in [3.63, 3.8) is 0 Å². The maximum Gasteiger partial charge on any atom is 0.320 e. The third-order valence-corrected chi connectivity index (χ3v) is 3.13. The fraction of sp³-hybridized carbons (Fsp3) is 0.286. The molecule has 0 saturated heterocycles. The zero-order valence-electron chi connectivity index (χ0n) is 11.1. The second kappa shape index (κ2) is 5.24. The minimum atomic E-state index is -0.306. The van der Waals surface area contributed by atoms with E-state index >= 15 is 0 Å². The highest BCUT2D eigenvalue weighted by molar-refractivity contribution is 5.88. The molecule has 1 aliphatic rings. The monoisotopic (exact) mass is 273 g/mol. The first-order valence-electron chi connectivity index (χ1n) is 6.45. The number of anilines is 1. The van der Waals surface area contributed by atoms with Crippen molar-refractivity contribution in [1.82, 2.24) is 10.5 Å². The molecule has 2 aromatic rings. The first kappa shape index (κ1) is 12.5. The maximum atomic E-state index is 12.0. The minimum absolute atomic E-state index is 0.0621. The second-order valence-corrected chi connectivity index (χ2v) is 4.65. The molecule has 0 radical (unpaired) electrons. The van der Waals surface area contributed by atoms with Crippen molar-refractivity contribution >= 4 is 11.8 Å². The number of para-hydroxylation sites is 1. The second-order valence-electron chi connectivity index (χ2n) is 4.65. The predicted molar refractivity (Wildman–Crippen MR) is 72.7 cm³/mol. The van der Waals surface area contributed by atoms with Crippen LogP contribution in [0.5, 0.6) is 5.75 Å². The van der Waals surface area contributed by atoms with Gasteiger partial charge in [-0.3, -0.25) is 5.32 Å². The van der Waals surface area contributed by atoms with Gasteiger partial charge in [-0.2, -0.15) is 0 Å². The molecule has 20 heavy (non-hydrogen) atoms. The highest BCUT2D eigenvalue weighted by Gasteiger charge is 2.22. The number of hydrogen-bond donors (Lipinski definition) is 2. The number of hydrogen-bond acceptors (Lipinski definition) is 4. The van der Waals surface area contributed by atoms with Crippen LogP contribution in [0, 0.1) is 6.92 Å². The summed E-state index contributed by atoms with van der Waals surface area (Å²) < 4.78 is 10.5. The Bertz CT molecular complexity index is 624. The fourth-order valence-electron chi connectivity index (χ4n) is 2.23. The van der Waals surface area contributed by atoms with Gasteiger partial charge in [0.1, 0.15) is 11.5 Å². The van der Waals surface area contributed by atoms with E-state index in [9.17, 15) is 4.79 Å². The molecule has 1 atom stereocenters. The summed E-state index contributed by atoms with van der Waals surface area (Å²) in [5, 5.41) is 9.29. The number of urea groups is 1. The standard InChI is InChI=1S/C14H15N3O3/c1-9-8-13(17-20-9)16-14(18)15-11-6-7-19-12-5-3-2-4-10(11)12/h2-5,8,11H,6-7H2,1H3,(H2,15,16,17,18)/t11-/m1/s1. The number of carbonyl (C=O) groups excluding carboxylic acids is 1. The van der Waals surface area contributed by atoms with Crippen LogP contribution in [0.15, 0.2) is 34.9 Å². The van der Waals surface area contributed by atoms with Gasteiger partial charge in [-0.1, -0.05) is 23.4 Å². The van der Waals surface area contributed by atoms with E-state index in [-0.39, 0.29) is 12.1 Å². The fourth-order valence-corrected chi connectivity index (χ4v) is 2.23. The Labute approximate surface area is 116 Å². The molecule has 0 bridgehead atoms. The SMILES string of the molecule is Cc1cc(NC(=O)N[C@@H]2CCOc3ccccc32)no1. The molecule has 3 rings (SSSR count). The highest BCUT2D eigenvalue weighted by atomic mass is 16.5. The highest BCUT2D eigenvalue weighted by Crippen LogP contribution is 2.31. The molecule has 0 saturated carbocycles. The molecule has 6 heteroatoms. The van der Waals surface area contributed by atoms with Crippen LogP contribution in [0.25, 0.3) is 0 Å². The Balaban J connectivity index is 1.68. The Morgan fingerprint density at radius 1 is 1.40 bits per heavy atom. The number of aromatic nitrogens is 1. The number of amides is 2. The van der Waals surface area contributed by atoms with Crippen LogP contribution in [0.3, 0.4) is 0 Å². The molecule has 0 spiro atoms. The van der Waals surface area contributed by atoms with E-state index in [0.717, 1.165) is 17.7 Å². The van der Waals surface area contributed by atoms with Gasteiger partial charge in [-0.15, -0.1) is 0 Å². The molecule has 1 aromatic heterocycles. The molecule has 2 N–H and O–H groups in total. The lowest BCUT2D eigenvalue weighted by Crippen LogP contribution is -2.35. The van der Waals surface area contributed by atoms with Crippen molar-refractivity contribution in [2.24, 2.45) is 0 Å². The molecule has 2 amide bonds. The summed E-state index contributed by atoms with van der Waals surface area (Å²) >= 11 is 0. The first-order chi connectivity index (χ1) is 9.72. The van der Waals surface area contributed by atoms with E-state index in [1.807, 2.05) is 24.3 Å². The Morgan fingerprint density at radius 3 is 3.05 bits per heavy atom. The van der Waals surface area contributed by atoms with E-state index in [1.165, 1.54) is 0 Å². The van der Waals surface area contributed by atoms with Gasteiger partial charge >= 0.3 is 6.03 Å². The van der Waals surface area contributed by atoms with E-state index in [0.29, 0.717) is 18.2 Å². The lowest BCUT2D eigenvalue weighted by atomic mass is 10.0. The molecule has 1 aliphatic heterocycles. The molecule has 0 unspecified atom stereocenters. The van der Waals surface area contributed by atoms with Crippen LogP contribution >= 0.6 is 0 Å². The van der Waals surface area contributed by atoms with E-state index < -0.39 is 0 Å². The van der Waals surface area contributed by atoms with Gasteiger partial charge in [0.25, 0.3) is 0 Å². The molecule has 1 aromatic carbocycles. The van der Waals surface area contributed by atoms with Crippen LogP contribution in [-0.2, 0) is 0 Å². The van der Waals surface area contributed by atoms with Crippen molar-refractivity contribution in [2.75, 3.05) is 11.9 Å². The zero-order valence-corrected chi connectivity index (χ0v) is 11.1. The van der Waals surface area contributed by atoms with Crippen LogP contribution in [0.1, 0.15) is 23.8 Å². The number of nitrogens with zero attached hydrogens (tertiary/aromatic N) is 1. The lowest BCUT2D eigenvalue weighted by Gasteiger charge is -2.26.